The molecule has 0 bridgehead atoms. The molecule has 0 atom stereocenters. The van der Waals surface area contributed by atoms with Gasteiger partial charge in [-0.25, -0.2) is 0 Å². The molecule has 1 aliphatic rings. The highest BCUT2D eigenvalue weighted by atomic mass is 32.2. The van der Waals surface area contributed by atoms with Crippen LogP contribution in [0.3, 0.4) is 0 Å². The van der Waals surface area contributed by atoms with Crippen molar-refractivity contribution in [3.63, 3.8) is 0 Å². The molecule has 1 rings (SSSR count). The normalized spacial score (nSPS) is 21.8. The van der Waals surface area contributed by atoms with Crippen LogP contribution in [0.4, 0.5) is 0 Å². The highest BCUT2D eigenvalue weighted by Gasteiger charge is 2.17. The SMILES string of the molecule is CCS(=O)(=O)OC1CCCCCCCCC1. The molecule has 0 saturated heterocycles. The molecule has 0 heterocycles. The summed E-state index contributed by atoms with van der Waals surface area (Å²) in [6.07, 6.45) is 10.3. The van der Waals surface area contributed by atoms with Crippen molar-refractivity contribution >= 4 is 10.1 Å². The second-order valence-electron chi connectivity index (χ2n) is 4.62. The van der Waals surface area contributed by atoms with E-state index in [9.17, 15) is 8.42 Å². The van der Waals surface area contributed by atoms with E-state index in [2.05, 4.69) is 0 Å². The van der Waals surface area contributed by atoms with Gasteiger partial charge < -0.3 is 0 Å². The third-order valence-electron chi connectivity index (χ3n) is 3.19. The lowest BCUT2D eigenvalue weighted by Crippen LogP contribution is -2.20. The Bertz CT molecular complexity index is 262. The Labute approximate surface area is 99.7 Å². The summed E-state index contributed by atoms with van der Waals surface area (Å²) in [5.74, 6) is 0.0868. The first-order valence-electron chi connectivity index (χ1n) is 6.55. The smallest absolute Gasteiger partial charge is 0.267 e. The van der Waals surface area contributed by atoms with Gasteiger partial charge in [-0.05, 0) is 19.8 Å². The van der Waals surface area contributed by atoms with Crippen LogP contribution in [-0.4, -0.2) is 20.3 Å². The molecule has 1 saturated carbocycles. The standard InChI is InChI=1S/C12H24O3S/c1-2-16(13,14)15-12-10-8-6-4-3-5-7-9-11-12/h12H,2-11H2,1H3. The average molecular weight is 248 g/mol. The van der Waals surface area contributed by atoms with E-state index in [1.165, 1.54) is 32.1 Å². The van der Waals surface area contributed by atoms with Gasteiger partial charge in [-0.2, -0.15) is 8.42 Å². The first-order chi connectivity index (χ1) is 7.64. The Morgan fingerprint density at radius 2 is 1.38 bits per heavy atom. The molecule has 4 heteroatoms. The van der Waals surface area contributed by atoms with Gasteiger partial charge >= 0.3 is 0 Å². The van der Waals surface area contributed by atoms with Gasteiger partial charge in [-0.15, -0.1) is 0 Å². The Balaban J connectivity index is 2.41. The van der Waals surface area contributed by atoms with Gasteiger partial charge in [0, 0.05) is 0 Å². The Morgan fingerprint density at radius 3 is 1.81 bits per heavy atom. The van der Waals surface area contributed by atoms with Gasteiger partial charge in [0.25, 0.3) is 10.1 Å². The van der Waals surface area contributed by atoms with Crippen molar-refractivity contribution in [3.05, 3.63) is 0 Å². The van der Waals surface area contributed by atoms with Crippen molar-refractivity contribution in [2.75, 3.05) is 5.75 Å². The summed E-state index contributed by atoms with van der Waals surface area (Å²) in [7, 11) is -3.27. The molecule has 0 aromatic heterocycles. The van der Waals surface area contributed by atoms with E-state index < -0.39 is 10.1 Å². The predicted molar refractivity (Wildman–Crippen MR) is 65.9 cm³/mol. The topological polar surface area (TPSA) is 43.4 Å². The molecule has 1 aliphatic carbocycles. The zero-order chi connectivity index (χ0) is 11.9. The molecule has 0 unspecified atom stereocenters. The lowest BCUT2D eigenvalue weighted by molar-refractivity contribution is 0.178. The molecular weight excluding hydrogens is 224 g/mol. The van der Waals surface area contributed by atoms with Crippen molar-refractivity contribution in [3.8, 4) is 0 Å². The fourth-order valence-corrected chi connectivity index (χ4v) is 2.89. The highest BCUT2D eigenvalue weighted by Crippen LogP contribution is 2.20. The third kappa shape index (κ3) is 5.85. The van der Waals surface area contributed by atoms with Crippen LogP contribution in [0.2, 0.25) is 0 Å². The summed E-state index contributed by atoms with van der Waals surface area (Å²) < 4.78 is 28.0. The summed E-state index contributed by atoms with van der Waals surface area (Å²) in [5, 5.41) is 0. The van der Waals surface area contributed by atoms with Crippen LogP contribution in [0.5, 0.6) is 0 Å². The molecule has 1 fully saturated rings. The first-order valence-corrected chi connectivity index (χ1v) is 8.13. The summed E-state index contributed by atoms with van der Waals surface area (Å²) in [5.41, 5.74) is 0. The molecule has 16 heavy (non-hydrogen) atoms. The molecule has 0 aromatic rings. The zero-order valence-corrected chi connectivity index (χ0v) is 11.1. The molecule has 0 aliphatic heterocycles. The third-order valence-corrected chi connectivity index (χ3v) is 4.46. The van der Waals surface area contributed by atoms with Crippen molar-refractivity contribution < 1.29 is 12.6 Å². The summed E-state index contributed by atoms with van der Waals surface area (Å²) >= 11 is 0. The van der Waals surface area contributed by atoms with E-state index in [1.807, 2.05) is 0 Å². The van der Waals surface area contributed by atoms with E-state index in [0.717, 1.165) is 25.7 Å². The minimum absolute atomic E-state index is 0.0666. The Hall–Kier alpha value is -0.0900. The molecule has 0 spiro atoms. The van der Waals surface area contributed by atoms with Crippen LogP contribution in [0, 0.1) is 0 Å². The van der Waals surface area contributed by atoms with Crippen molar-refractivity contribution in [2.24, 2.45) is 0 Å². The van der Waals surface area contributed by atoms with E-state index in [0.29, 0.717) is 0 Å². The number of hydrogen-bond donors (Lipinski definition) is 0. The highest BCUT2D eigenvalue weighted by molar-refractivity contribution is 7.86. The van der Waals surface area contributed by atoms with Crippen LogP contribution >= 0.6 is 0 Å². The van der Waals surface area contributed by atoms with Crippen LogP contribution in [0.15, 0.2) is 0 Å². The maximum Gasteiger partial charge on any atom is 0.267 e. The quantitative estimate of drug-likeness (QED) is 0.720. The summed E-state index contributed by atoms with van der Waals surface area (Å²) in [4.78, 5) is 0. The number of hydrogen-bond acceptors (Lipinski definition) is 3. The minimum atomic E-state index is -3.27. The van der Waals surface area contributed by atoms with Gasteiger partial charge in [0.05, 0.1) is 11.9 Å². The molecule has 0 amide bonds. The minimum Gasteiger partial charge on any atom is -0.267 e. The van der Waals surface area contributed by atoms with Crippen LogP contribution in [-0.2, 0) is 14.3 Å². The molecular formula is C12H24O3S. The maximum atomic E-state index is 11.4. The maximum absolute atomic E-state index is 11.4. The zero-order valence-electron chi connectivity index (χ0n) is 10.3. The lowest BCUT2D eigenvalue weighted by Gasteiger charge is -2.18. The second kappa shape index (κ2) is 7.28. The Morgan fingerprint density at radius 1 is 0.938 bits per heavy atom. The molecule has 96 valence electrons. The van der Waals surface area contributed by atoms with Crippen molar-refractivity contribution in [1.82, 2.24) is 0 Å². The summed E-state index contributed by atoms with van der Waals surface area (Å²) in [6, 6.07) is 0. The molecule has 0 N–H and O–H groups in total. The van der Waals surface area contributed by atoms with Crippen molar-refractivity contribution in [1.29, 1.82) is 0 Å². The van der Waals surface area contributed by atoms with Gasteiger partial charge in [0.2, 0.25) is 0 Å². The largest absolute Gasteiger partial charge is 0.267 e. The van der Waals surface area contributed by atoms with E-state index in [-0.39, 0.29) is 11.9 Å². The lowest BCUT2D eigenvalue weighted by atomic mass is 9.99. The molecule has 3 nitrogen and oxygen atoms in total. The van der Waals surface area contributed by atoms with Gasteiger partial charge in [0.15, 0.2) is 0 Å². The monoisotopic (exact) mass is 248 g/mol. The van der Waals surface area contributed by atoms with Crippen molar-refractivity contribution in [2.45, 2.75) is 70.8 Å². The van der Waals surface area contributed by atoms with Crippen LogP contribution in [0.1, 0.15) is 64.7 Å². The van der Waals surface area contributed by atoms with E-state index >= 15 is 0 Å². The van der Waals surface area contributed by atoms with Gasteiger partial charge in [0.1, 0.15) is 0 Å². The Kier molecular flexibility index (Phi) is 6.36. The number of rotatable bonds is 3. The fourth-order valence-electron chi connectivity index (χ4n) is 2.14. The fraction of sp³-hybridized carbons (Fsp3) is 1.00. The average Bonchev–Trinajstić information content (AvgIpc) is 2.27. The van der Waals surface area contributed by atoms with Gasteiger partial charge in [-0.3, -0.25) is 4.18 Å². The summed E-state index contributed by atoms with van der Waals surface area (Å²) in [6.45, 7) is 1.63. The molecule has 0 radical (unpaired) electrons. The van der Waals surface area contributed by atoms with Gasteiger partial charge in [-0.1, -0.05) is 44.9 Å². The van der Waals surface area contributed by atoms with Crippen LogP contribution in [0.25, 0.3) is 0 Å². The predicted octanol–water partition coefficient (Wildman–Crippen LogP) is 3.25. The van der Waals surface area contributed by atoms with E-state index in [1.54, 1.807) is 6.92 Å². The van der Waals surface area contributed by atoms with E-state index in [4.69, 9.17) is 4.18 Å². The second-order valence-corrected chi connectivity index (χ2v) is 6.50. The molecule has 0 aromatic carbocycles. The first kappa shape index (κ1) is 14.0. The van der Waals surface area contributed by atoms with Crippen LogP contribution < -0.4 is 0 Å².